The van der Waals surface area contributed by atoms with Crippen LogP contribution in [0.3, 0.4) is 0 Å². The number of aromatic nitrogens is 1. The van der Waals surface area contributed by atoms with Gasteiger partial charge < -0.3 is 10.6 Å². The van der Waals surface area contributed by atoms with Gasteiger partial charge in [-0.05, 0) is 28.1 Å². The Hall–Kier alpha value is -0.650. The number of pyridine rings is 1. The summed E-state index contributed by atoms with van der Waals surface area (Å²) >= 11 is 3.23. The van der Waals surface area contributed by atoms with Gasteiger partial charge in [0, 0.05) is 6.54 Å². The van der Waals surface area contributed by atoms with E-state index < -0.39 is 0 Å². The van der Waals surface area contributed by atoms with E-state index in [4.69, 9.17) is 0 Å². The van der Waals surface area contributed by atoms with Gasteiger partial charge in [0.2, 0.25) is 5.91 Å². The number of hydrogen-bond donors (Lipinski definition) is 2. The van der Waals surface area contributed by atoms with Gasteiger partial charge >= 0.3 is 0 Å². The molecule has 0 radical (unpaired) electrons. The molecule has 1 unspecified atom stereocenters. The SMILES string of the molecule is Cl.O=C(Nc1cccc(Br)n1)C1CN1. The van der Waals surface area contributed by atoms with E-state index in [1.54, 1.807) is 6.07 Å². The van der Waals surface area contributed by atoms with E-state index in [1.807, 2.05) is 12.1 Å². The lowest BCUT2D eigenvalue weighted by Crippen LogP contribution is -2.20. The van der Waals surface area contributed by atoms with E-state index in [-0.39, 0.29) is 24.4 Å². The Balaban J connectivity index is 0.000000980. The van der Waals surface area contributed by atoms with Gasteiger partial charge in [0.25, 0.3) is 0 Å². The van der Waals surface area contributed by atoms with E-state index in [0.717, 1.165) is 6.54 Å². The van der Waals surface area contributed by atoms with Crippen molar-refractivity contribution in [3.63, 3.8) is 0 Å². The first kappa shape index (κ1) is 11.4. The van der Waals surface area contributed by atoms with Crippen molar-refractivity contribution < 1.29 is 4.79 Å². The molecule has 1 saturated heterocycles. The maximum atomic E-state index is 11.3. The van der Waals surface area contributed by atoms with Crippen LogP contribution in [0.5, 0.6) is 0 Å². The van der Waals surface area contributed by atoms with Crippen molar-refractivity contribution in [3.05, 3.63) is 22.8 Å². The van der Waals surface area contributed by atoms with Crippen LogP contribution >= 0.6 is 28.3 Å². The number of carbonyl (C=O) groups excluding carboxylic acids is 1. The molecule has 1 atom stereocenters. The molecule has 1 aliphatic heterocycles. The van der Waals surface area contributed by atoms with E-state index >= 15 is 0 Å². The molecule has 1 aromatic heterocycles. The highest BCUT2D eigenvalue weighted by molar-refractivity contribution is 9.10. The van der Waals surface area contributed by atoms with Gasteiger partial charge in [-0.2, -0.15) is 0 Å². The van der Waals surface area contributed by atoms with Gasteiger partial charge in [-0.3, -0.25) is 4.79 Å². The van der Waals surface area contributed by atoms with Crippen molar-refractivity contribution >= 4 is 40.1 Å². The van der Waals surface area contributed by atoms with Gasteiger partial charge in [0.1, 0.15) is 10.4 Å². The van der Waals surface area contributed by atoms with Crippen LogP contribution < -0.4 is 10.6 Å². The van der Waals surface area contributed by atoms with Crippen LogP contribution in [-0.2, 0) is 4.79 Å². The predicted molar refractivity (Wildman–Crippen MR) is 59.6 cm³/mol. The molecule has 1 aliphatic rings. The molecule has 2 heterocycles. The number of rotatable bonds is 2. The van der Waals surface area contributed by atoms with Crippen molar-refractivity contribution in [2.45, 2.75) is 6.04 Å². The molecule has 14 heavy (non-hydrogen) atoms. The van der Waals surface area contributed by atoms with Crippen molar-refractivity contribution in [3.8, 4) is 0 Å². The summed E-state index contributed by atoms with van der Waals surface area (Å²) in [6, 6.07) is 5.36. The van der Waals surface area contributed by atoms with Crippen LogP contribution in [0, 0.1) is 0 Å². The number of hydrogen-bond acceptors (Lipinski definition) is 3. The lowest BCUT2D eigenvalue weighted by atomic mass is 10.4. The van der Waals surface area contributed by atoms with Crippen LogP contribution in [0.4, 0.5) is 5.82 Å². The van der Waals surface area contributed by atoms with Crippen LogP contribution in [0.15, 0.2) is 22.8 Å². The predicted octanol–water partition coefficient (Wildman–Crippen LogP) is 1.18. The third-order valence-electron chi connectivity index (χ3n) is 1.69. The molecule has 6 heteroatoms. The number of anilines is 1. The second-order valence-electron chi connectivity index (χ2n) is 2.80. The summed E-state index contributed by atoms with van der Waals surface area (Å²) in [7, 11) is 0. The summed E-state index contributed by atoms with van der Waals surface area (Å²) in [5.41, 5.74) is 0. The Morgan fingerprint density at radius 1 is 1.64 bits per heavy atom. The average Bonchev–Trinajstić information content (AvgIpc) is 2.85. The lowest BCUT2D eigenvalue weighted by molar-refractivity contribution is -0.115. The summed E-state index contributed by atoms with van der Waals surface area (Å²) in [6.45, 7) is 0.764. The Morgan fingerprint density at radius 2 is 2.36 bits per heavy atom. The Bertz CT molecular complexity index is 343. The molecule has 76 valence electrons. The fraction of sp³-hybridized carbons (Fsp3) is 0.250. The molecule has 0 saturated carbocycles. The zero-order chi connectivity index (χ0) is 9.26. The second-order valence-corrected chi connectivity index (χ2v) is 3.61. The third-order valence-corrected chi connectivity index (χ3v) is 2.13. The van der Waals surface area contributed by atoms with Crippen LogP contribution in [-0.4, -0.2) is 23.5 Å². The Morgan fingerprint density at radius 3 is 2.93 bits per heavy atom. The zero-order valence-corrected chi connectivity index (χ0v) is 9.56. The van der Waals surface area contributed by atoms with E-state index in [1.165, 1.54) is 0 Å². The maximum absolute atomic E-state index is 11.3. The van der Waals surface area contributed by atoms with Crippen LogP contribution in [0.25, 0.3) is 0 Å². The molecular weight excluding hydrogens is 269 g/mol. The third kappa shape index (κ3) is 2.94. The number of amides is 1. The van der Waals surface area contributed by atoms with Gasteiger partial charge in [0.05, 0.1) is 6.04 Å². The molecule has 2 rings (SSSR count). The fourth-order valence-electron chi connectivity index (χ4n) is 0.936. The Kier molecular flexibility index (Phi) is 3.86. The molecule has 4 nitrogen and oxygen atoms in total. The topological polar surface area (TPSA) is 63.9 Å². The number of carbonyl (C=O) groups is 1. The zero-order valence-electron chi connectivity index (χ0n) is 7.16. The summed E-state index contributed by atoms with van der Waals surface area (Å²) in [4.78, 5) is 15.3. The quantitative estimate of drug-likeness (QED) is 0.631. The number of halogens is 2. The maximum Gasteiger partial charge on any atom is 0.243 e. The fourth-order valence-corrected chi connectivity index (χ4v) is 1.28. The molecule has 0 aromatic carbocycles. The molecule has 1 aromatic rings. The summed E-state index contributed by atoms with van der Waals surface area (Å²) in [5, 5.41) is 5.62. The first-order valence-corrected chi connectivity index (χ1v) is 4.72. The van der Waals surface area contributed by atoms with Gasteiger partial charge in [0.15, 0.2) is 0 Å². The van der Waals surface area contributed by atoms with Gasteiger partial charge in [-0.15, -0.1) is 12.4 Å². The first-order valence-electron chi connectivity index (χ1n) is 3.92. The molecule has 1 fully saturated rings. The lowest BCUT2D eigenvalue weighted by Gasteiger charge is -2.01. The monoisotopic (exact) mass is 277 g/mol. The van der Waals surface area contributed by atoms with Crippen molar-refractivity contribution in [2.75, 3.05) is 11.9 Å². The molecule has 1 amide bonds. The molecular formula is C8H9BrClN3O. The first-order chi connectivity index (χ1) is 6.25. The van der Waals surface area contributed by atoms with Crippen molar-refractivity contribution in [1.29, 1.82) is 0 Å². The van der Waals surface area contributed by atoms with Crippen LogP contribution in [0.2, 0.25) is 0 Å². The van der Waals surface area contributed by atoms with Crippen molar-refractivity contribution in [1.82, 2.24) is 10.3 Å². The number of nitrogens with one attached hydrogen (secondary N) is 2. The highest BCUT2D eigenvalue weighted by Gasteiger charge is 2.28. The Labute approximate surface area is 96.0 Å². The minimum atomic E-state index is -0.0271. The van der Waals surface area contributed by atoms with E-state index in [9.17, 15) is 4.79 Å². The minimum absolute atomic E-state index is 0. The smallest absolute Gasteiger partial charge is 0.243 e. The van der Waals surface area contributed by atoms with Gasteiger partial charge in [-0.25, -0.2) is 4.98 Å². The normalized spacial score (nSPS) is 18.2. The molecule has 0 aliphatic carbocycles. The number of nitrogens with zero attached hydrogens (tertiary/aromatic N) is 1. The molecule has 2 N–H and O–H groups in total. The summed E-state index contributed by atoms with van der Waals surface area (Å²) in [5.74, 6) is 0.554. The molecule has 0 bridgehead atoms. The van der Waals surface area contributed by atoms with Crippen molar-refractivity contribution in [2.24, 2.45) is 0 Å². The van der Waals surface area contributed by atoms with Crippen LogP contribution in [0.1, 0.15) is 0 Å². The summed E-state index contributed by atoms with van der Waals surface area (Å²) < 4.78 is 0.717. The molecule has 0 spiro atoms. The standard InChI is InChI=1S/C8H8BrN3O.ClH/c9-6-2-1-3-7(11-6)12-8(13)5-4-10-5;/h1-3,5,10H,4H2,(H,11,12,13);1H. The highest BCUT2D eigenvalue weighted by Crippen LogP contribution is 2.11. The summed E-state index contributed by atoms with van der Waals surface area (Å²) in [6.07, 6.45) is 0. The average molecular weight is 279 g/mol. The van der Waals surface area contributed by atoms with E-state index in [2.05, 4.69) is 31.5 Å². The largest absolute Gasteiger partial charge is 0.309 e. The van der Waals surface area contributed by atoms with Gasteiger partial charge in [-0.1, -0.05) is 6.07 Å². The highest BCUT2D eigenvalue weighted by atomic mass is 79.9. The van der Waals surface area contributed by atoms with E-state index in [0.29, 0.717) is 10.4 Å². The second kappa shape index (κ2) is 4.72. The minimum Gasteiger partial charge on any atom is -0.309 e.